The molecular formula is C17H12Br2N2O2S. The number of hydrogen-bond donors (Lipinski definition) is 2. The Morgan fingerprint density at radius 3 is 2.50 bits per heavy atom. The summed E-state index contributed by atoms with van der Waals surface area (Å²) in [6.07, 6.45) is 0.194. The van der Waals surface area contributed by atoms with Gasteiger partial charge in [-0.2, -0.15) is 0 Å². The van der Waals surface area contributed by atoms with E-state index in [1.165, 1.54) is 11.3 Å². The second kappa shape index (κ2) is 7.46. The molecule has 0 atom stereocenters. The fraction of sp³-hybridized carbons (Fsp3) is 0.0588. The Bertz CT molecular complexity index is 899. The molecule has 1 aromatic heterocycles. The maximum atomic E-state index is 12.1. The Hall–Kier alpha value is -1.70. The molecule has 0 aliphatic carbocycles. The van der Waals surface area contributed by atoms with Crippen LogP contribution in [0.1, 0.15) is 15.2 Å². The average molecular weight is 468 g/mol. The zero-order valence-electron chi connectivity index (χ0n) is 12.3. The first-order valence-corrected chi connectivity index (χ1v) is 9.45. The molecule has 2 amide bonds. The van der Waals surface area contributed by atoms with Crippen LogP contribution in [0.5, 0.6) is 0 Å². The third kappa shape index (κ3) is 3.85. The van der Waals surface area contributed by atoms with Crippen molar-refractivity contribution in [3.8, 4) is 0 Å². The lowest BCUT2D eigenvalue weighted by Crippen LogP contribution is -2.42. The smallest absolute Gasteiger partial charge is 0.273 e. The molecule has 3 rings (SSSR count). The molecule has 0 radical (unpaired) electrons. The van der Waals surface area contributed by atoms with Gasteiger partial charge >= 0.3 is 0 Å². The summed E-state index contributed by atoms with van der Waals surface area (Å²) < 4.78 is 1.63. The summed E-state index contributed by atoms with van der Waals surface area (Å²) in [5.41, 5.74) is 5.82. The predicted octanol–water partition coefficient (Wildman–Crippen LogP) is 4.43. The van der Waals surface area contributed by atoms with Crippen LogP contribution >= 0.6 is 43.2 Å². The van der Waals surface area contributed by atoms with E-state index < -0.39 is 0 Å². The summed E-state index contributed by atoms with van der Waals surface area (Å²) >= 11 is 7.95. The molecule has 0 aliphatic rings. The molecule has 2 aromatic carbocycles. The van der Waals surface area contributed by atoms with Gasteiger partial charge in [-0.1, -0.05) is 42.5 Å². The summed E-state index contributed by atoms with van der Waals surface area (Å²) in [5.74, 6) is -0.618. The third-order valence-electron chi connectivity index (χ3n) is 3.42. The number of halogens is 2. The monoisotopic (exact) mass is 466 g/mol. The highest BCUT2D eigenvalue weighted by Crippen LogP contribution is 2.32. The van der Waals surface area contributed by atoms with Crippen LogP contribution in [0.15, 0.2) is 56.8 Å². The van der Waals surface area contributed by atoms with Crippen molar-refractivity contribution in [3.63, 3.8) is 0 Å². The molecule has 3 aromatic rings. The summed E-state index contributed by atoms with van der Waals surface area (Å²) in [7, 11) is 0. The van der Waals surface area contributed by atoms with E-state index in [0.717, 1.165) is 24.6 Å². The van der Waals surface area contributed by atoms with Gasteiger partial charge < -0.3 is 0 Å². The van der Waals surface area contributed by atoms with Crippen LogP contribution in [0.4, 0.5) is 0 Å². The van der Waals surface area contributed by atoms with Gasteiger partial charge in [0.15, 0.2) is 0 Å². The number of hydrazine groups is 1. The van der Waals surface area contributed by atoms with Crippen molar-refractivity contribution >= 4 is 65.8 Å². The van der Waals surface area contributed by atoms with Gasteiger partial charge in [-0.15, -0.1) is 11.3 Å². The van der Waals surface area contributed by atoms with Crippen LogP contribution in [0.25, 0.3) is 10.8 Å². The number of hydrogen-bond acceptors (Lipinski definition) is 3. The Kier molecular flexibility index (Phi) is 5.33. The number of amides is 2. The van der Waals surface area contributed by atoms with Crippen LogP contribution in [-0.2, 0) is 11.2 Å². The van der Waals surface area contributed by atoms with Crippen molar-refractivity contribution in [2.75, 3.05) is 0 Å². The Balaban J connectivity index is 1.64. The van der Waals surface area contributed by atoms with Crippen molar-refractivity contribution in [1.29, 1.82) is 0 Å². The van der Waals surface area contributed by atoms with Gasteiger partial charge in [-0.3, -0.25) is 20.4 Å². The summed E-state index contributed by atoms with van der Waals surface area (Å²) in [4.78, 5) is 24.6. The van der Waals surface area contributed by atoms with Crippen molar-refractivity contribution in [1.82, 2.24) is 10.9 Å². The lowest BCUT2D eigenvalue weighted by atomic mass is 10.0. The van der Waals surface area contributed by atoms with Gasteiger partial charge in [-0.25, -0.2) is 0 Å². The van der Waals surface area contributed by atoms with E-state index in [4.69, 9.17) is 0 Å². The Labute approximate surface area is 159 Å². The molecule has 1 heterocycles. The second-order valence-electron chi connectivity index (χ2n) is 5.05. The normalized spacial score (nSPS) is 10.6. The minimum absolute atomic E-state index is 0.194. The first-order valence-electron chi connectivity index (χ1n) is 7.05. The lowest BCUT2D eigenvalue weighted by molar-refractivity contribution is -0.121. The van der Waals surface area contributed by atoms with E-state index >= 15 is 0 Å². The van der Waals surface area contributed by atoms with E-state index in [0.29, 0.717) is 4.88 Å². The highest BCUT2D eigenvalue weighted by atomic mass is 79.9. The van der Waals surface area contributed by atoms with Crippen molar-refractivity contribution in [2.24, 2.45) is 0 Å². The van der Waals surface area contributed by atoms with E-state index in [-0.39, 0.29) is 18.2 Å². The summed E-state index contributed by atoms with van der Waals surface area (Å²) in [5, 5.41) is 2.12. The minimum Gasteiger partial charge on any atom is -0.273 e. The molecule has 0 saturated heterocycles. The fourth-order valence-corrected chi connectivity index (χ4v) is 4.24. The number of rotatable bonds is 3. The molecule has 0 aliphatic heterocycles. The van der Waals surface area contributed by atoms with E-state index in [2.05, 4.69) is 42.7 Å². The first kappa shape index (κ1) is 17.1. The van der Waals surface area contributed by atoms with E-state index in [9.17, 15) is 9.59 Å². The highest BCUT2D eigenvalue weighted by Gasteiger charge is 2.13. The fourth-order valence-electron chi connectivity index (χ4n) is 2.31. The molecule has 122 valence electrons. The largest absolute Gasteiger partial charge is 0.279 e. The van der Waals surface area contributed by atoms with Gasteiger partial charge in [0, 0.05) is 4.47 Å². The number of carbonyl (C=O) groups is 2. The number of benzene rings is 2. The number of fused-ring (bicyclic) bond motifs is 1. The molecule has 4 nitrogen and oxygen atoms in total. The molecule has 0 spiro atoms. The number of thiophene rings is 1. The van der Waals surface area contributed by atoms with E-state index in [1.807, 2.05) is 42.5 Å². The molecule has 0 fully saturated rings. The summed E-state index contributed by atoms with van der Waals surface area (Å²) in [6.45, 7) is 0. The SMILES string of the molecule is O=C(Cc1cccc2ccccc12)NNC(=O)c1cc(Br)c(Br)s1. The lowest BCUT2D eigenvalue weighted by Gasteiger charge is -2.08. The van der Waals surface area contributed by atoms with Crippen molar-refractivity contribution < 1.29 is 9.59 Å². The molecule has 0 unspecified atom stereocenters. The molecule has 2 N–H and O–H groups in total. The maximum absolute atomic E-state index is 12.1. The first-order chi connectivity index (χ1) is 11.5. The summed E-state index contributed by atoms with van der Waals surface area (Å²) in [6, 6.07) is 15.4. The topological polar surface area (TPSA) is 58.2 Å². The van der Waals surface area contributed by atoms with Gasteiger partial charge in [-0.05, 0) is 54.3 Å². The van der Waals surface area contributed by atoms with Crippen LogP contribution in [0.3, 0.4) is 0 Å². The van der Waals surface area contributed by atoms with Crippen molar-refractivity contribution in [2.45, 2.75) is 6.42 Å². The number of nitrogens with one attached hydrogen (secondary N) is 2. The molecule has 7 heteroatoms. The third-order valence-corrected chi connectivity index (χ3v) is 6.67. The van der Waals surface area contributed by atoms with Gasteiger partial charge in [0.05, 0.1) is 15.1 Å². The van der Waals surface area contributed by atoms with Crippen LogP contribution in [-0.4, -0.2) is 11.8 Å². The van der Waals surface area contributed by atoms with Crippen LogP contribution < -0.4 is 10.9 Å². The van der Waals surface area contributed by atoms with Crippen molar-refractivity contribution in [3.05, 3.63) is 67.2 Å². The van der Waals surface area contributed by atoms with Gasteiger partial charge in [0.1, 0.15) is 0 Å². The van der Waals surface area contributed by atoms with E-state index in [1.54, 1.807) is 6.07 Å². The minimum atomic E-state index is -0.349. The quantitative estimate of drug-likeness (QED) is 0.560. The van der Waals surface area contributed by atoms with Crippen LogP contribution in [0, 0.1) is 0 Å². The zero-order valence-corrected chi connectivity index (χ0v) is 16.3. The predicted molar refractivity (Wildman–Crippen MR) is 103 cm³/mol. The molecule has 0 bridgehead atoms. The highest BCUT2D eigenvalue weighted by molar-refractivity contribution is 9.13. The Morgan fingerprint density at radius 1 is 1.00 bits per heavy atom. The molecule has 0 saturated carbocycles. The zero-order chi connectivity index (χ0) is 17.1. The average Bonchev–Trinajstić information content (AvgIpc) is 2.92. The number of carbonyl (C=O) groups excluding carboxylic acids is 2. The van der Waals surface area contributed by atoms with Gasteiger partial charge in [0.25, 0.3) is 5.91 Å². The van der Waals surface area contributed by atoms with Crippen LogP contribution in [0.2, 0.25) is 0 Å². The molecule has 24 heavy (non-hydrogen) atoms. The maximum Gasteiger partial charge on any atom is 0.279 e. The second-order valence-corrected chi connectivity index (χ2v) is 8.27. The molecular weight excluding hydrogens is 456 g/mol. The van der Waals surface area contributed by atoms with Gasteiger partial charge in [0.2, 0.25) is 5.91 Å². The standard InChI is InChI=1S/C17H12Br2N2O2S/c18-13-9-14(24-16(13)19)17(23)21-20-15(22)8-11-6-3-5-10-4-1-2-7-12(10)11/h1-7,9H,8H2,(H,20,22)(H,21,23). The Morgan fingerprint density at radius 2 is 1.75 bits per heavy atom.